The smallest absolute Gasteiger partial charge is 0.322 e. The van der Waals surface area contributed by atoms with E-state index < -0.39 is 9.74 Å². The molecule has 2 atom stereocenters. The molecule has 0 spiro atoms. The van der Waals surface area contributed by atoms with Crippen LogP contribution in [0.25, 0.3) is 0 Å². The Balaban J connectivity index is 3.09. The average Bonchev–Trinajstić information content (AvgIpc) is 2.52. The van der Waals surface area contributed by atoms with Crippen LogP contribution in [0.4, 0.5) is 0 Å². The number of benzene rings is 1. The maximum atomic E-state index is 12.0. The molecule has 0 bridgehead atoms. The molecule has 0 aliphatic heterocycles. The number of hydrogen-bond acceptors (Lipinski definition) is 4. The quantitative estimate of drug-likeness (QED) is 0.524. The lowest BCUT2D eigenvalue weighted by Gasteiger charge is -2.31. The van der Waals surface area contributed by atoms with E-state index in [4.69, 9.17) is 9.47 Å². The molecule has 0 heterocycles. The van der Waals surface area contributed by atoms with Gasteiger partial charge in [-0.25, -0.2) is 0 Å². The fourth-order valence-electron chi connectivity index (χ4n) is 2.77. The van der Waals surface area contributed by atoms with Crippen LogP contribution >= 0.6 is 15.9 Å². The monoisotopic (exact) mass is 384 g/mol. The van der Waals surface area contributed by atoms with Gasteiger partial charge in [-0.2, -0.15) is 0 Å². The molecule has 4 nitrogen and oxygen atoms in total. The lowest BCUT2D eigenvalue weighted by Crippen LogP contribution is -2.34. The highest BCUT2D eigenvalue weighted by molar-refractivity contribution is 9.10. The summed E-state index contributed by atoms with van der Waals surface area (Å²) in [7, 11) is 2.77. The minimum Gasteiger partial charge on any atom is -0.469 e. The molecular weight excluding hydrogens is 360 g/mol. The average molecular weight is 385 g/mol. The van der Waals surface area contributed by atoms with E-state index >= 15 is 0 Å². The Labute approximate surface area is 146 Å². The molecule has 0 radical (unpaired) electrons. The van der Waals surface area contributed by atoms with E-state index in [0.717, 1.165) is 5.56 Å². The Morgan fingerprint density at radius 3 is 2.00 bits per heavy atom. The van der Waals surface area contributed by atoms with Crippen molar-refractivity contribution in [1.29, 1.82) is 0 Å². The predicted molar refractivity (Wildman–Crippen MR) is 93.6 cm³/mol. The van der Waals surface area contributed by atoms with Gasteiger partial charge < -0.3 is 9.47 Å². The highest BCUT2D eigenvalue weighted by atomic mass is 79.9. The summed E-state index contributed by atoms with van der Waals surface area (Å²) < 4.78 is 8.97. The zero-order chi connectivity index (χ0) is 17.7. The van der Waals surface area contributed by atoms with Crippen LogP contribution in [0.2, 0.25) is 0 Å². The molecule has 0 saturated heterocycles. The van der Waals surface area contributed by atoms with Gasteiger partial charge in [0, 0.05) is 0 Å². The first-order chi connectivity index (χ1) is 10.6. The summed E-state index contributed by atoms with van der Waals surface area (Å²) in [6.45, 7) is 5.51. The van der Waals surface area contributed by atoms with E-state index in [1.165, 1.54) is 14.2 Å². The largest absolute Gasteiger partial charge is 0.469 e. The zero-order valence-electron chi connectivity index (χ0n) is 14.4. The van der Waals surface area contributed by atoms with E-state index in [1.807, 2.05) is 44.2 Å². The molecular formula is C18H25BrO4. The third-order valence-corrected chi connectivity index (χ3v) is 4.65. The molecule has 23 heavy (non-hydrogen) atoms. The second-order valence-corrected chi connectivity index (χ2v) is 8.33. The number of carbonyl (C=O) groups is 2. The first-order valence-corrected chi connectivity index (χ1v) is 8.34. The number of ether oxygens (including phenoxy) is 2. The summed E-state index contributed by atoms with van der Waals surface area (Å²) in [5, 5.41) is 0. The van der Waals surface area contributed by atoms with Gasteiger partial charge >= 0.3 is 11.9 Å². The van der Waals surface area contributed by atoms with E-state index in [2.05, 4.69) is 15.9 Å². The number of rotatable bonds is 7. The summed E-state index contributed by atoms with van der Waals surface area (Å²) >= 11 is 3.48. The van der Waals surface area contributed by atoms with Gasteiger partial charge in [-0.15, -0.1) is 0 Å². The van der Waals surface area contributed by atoms with Crippen molar-refractivity contribution in [2.24, 2.45) is 5.41 Å². The van der Waals surface area contributed by atoms with Crippen LogP contribution in [0.1, 0.15) is 45.1 Å². The molecule has 0 fully saturated rings. The normalized spacial score (nSPS) is 15.4. The molecule has 2 unspecified atom stereocenters. The van der Waals surface area contributed by atoms with Crippen molar-refractivity contribution in [3.05, 3.63) is 35.9 Å². The van der Waals surface area contributed by atoms with Crippen LogP contribution in [0.3, 0.4) is 0 Å². The summed E-state index contributed by atoms with van der Waals surface area (Å²) in [4.78, 5) is 24.0. The minimum absolute atomic E-state index is 0.00812. The Morgan fingerprint density at radius 1 is 1.00 bits per heavy atom. The van der Waals surface area contributed by atoms with Gasteiger partial charge in [0.15, 0.2) is 0 Å². The van der Waals surface area contributed by atoms with Crippen LogP contribution in [0.15, 0.2) is 30.3 Å². The Kier molecular flexibility index (Phi) is 6.81. The molecule has 128 valence electrons. The number of halogens is 1. The number of methoxy groups -OCH3 is 2. The van der Waals surface area contributed by atoms with Gasteiger partial charge in [0.05, 0.1) is 19.6 Å². The Morgan fingerprint density at radius 2 is 1.52 bits per heavy atom. The van der Waals surface area contributed by atoms with Crippen molar-refractivity contribution >= 4 is 27.9 Å². The van der Waals surface area contributed by atoms with Crippen molar-refractivity contribution in [3.63, 3.8) is 0 Å². The summed E-state index contributed by atoms with van der Waals surface area (Å²) in [5.74, 6) is -0.573. The summed E-state index contributed by atoms with van der Waals surface area (Å²) in [5.41, 5.74) is 0.438. The van der Waals surface area contributed by atoms with Crippen molar-refractivity contribution in [2.75, 3.05) is 14.2 Å². The summed E-state index contributed by atoms with van der Waals surface area (Å²) in [6.07, 6.45) is 1.09. The predicted octanol–water partition coefficient (Wildman–Crippen LogP) is 4.08. The van der Waals surface area contributed by atoms with Crippen molar-refractivity contribution in [2.45, 2.75) is 43.9 Å². The van der Waals surface area contributed by atoms with Gasteiger partial charge in [-0.1, -0.05) is 46.3 Å². The SMILES string of the molecule is COC(=O)C(C)(C)CC(CC(C)(Br)C(=O)OC)c1ccccc1. The maximum Gasteiger partial charge on any atom is 0.322 e. The van der Waals surface area contributed by atoms with Crippen molar-refractivity contribution in [3.8, 4) is 0 Å². The fourth-order valence-corrected chi connectivity index (χ4v) is 3.32. The second kappa shape index (κ2) is 7.95. The van der Waals surface area contributed by atoms with Crippen LogP contribution < -0.4 is 0 Å². The van der Waals surface area contributed by atoms with Crippen molar-refractivity contribution < 1.29 is 19.1 Å². The lowest BCUT2D eigenvalue weighted by atomic mass is 9.76. The van der Waals surface area contributed by atoms with Gasteiger partial charge in [-0.3, -0.25) is 9.59 Å². The first-order valence-electron chi connectivity index (χ1n) is 7.54. The third kappa shape index (κ3) is 5.34. The minimum atomic E-state index is -0.811. The number of hydrogen-bond donors (Lipinski definition) is 0. The van der Waals surface area contributed by atoms with Gasteiger partial charge in [0.1, 0.15) is 4.32 Å². The van der Waals surface area contributed by atoms with E-state index in [9.17, 15) is 9.59 Å². The third-order valence-electron chi connectivity index (χ3n) is 4.01. The van der Waals surface area contributed by atoms with Crippen molar-refractivity contribution in [1.82, 2.24) is 0 Å². The summed E-state index contributed by atoms with van der Waals surface area (Å²) in [6, 6.07) is 9.88. The Bertz CT molecular complexity index is 507. The molecule has 1 aromatic carbocycles. The number of carbonyl (C=O) groups excluding carboxylic acids is 2. The van der Waals surface area contributed by atoms with Crippen LogP contribution in [-0.2, 0) is 19.1 Å². The zero-order valence-corrected chi connectivity index (χ0v) is 16.0. The number of alkyl halides is 1. The topological polar surface area (TPSA) is 52.6 Å². The molecule has 0 amide bonds. The second-order valence-electron chi connectivity index (χ2n) is 6.58. The maximum absolute atomic E-state index is 12.0. The standard InChI is InChI=1S/C18H25BrO4/c1-17(2,15(20)22-4)11-14(13-9-7-6-8-10-13)12-18(3,19)16(21)23-5/h6-10,14H,11-12H2,1-5H3. The van der Waals surface area contributed by atoms with Gasteiger partial charge in [0.2, 0.25) is 0 Å². The highest BCUT2D eigenvalue weighted by Crippen LogP contribution is 2.40. The molecule has 1 aromatic rings. The van der Waals surface area contributed by atoms with Gasteiger partial charge in [0.25, 0.3) is 0 Å². The molecule has 0 aliphatic carbocycles. The molecule has 0 saturated carbocycles. The van der Waals surface area contributed by atoms with E-state index in [1.54, 1.807) is 6.92 Å². The first kappa shape index (κ1) is 19.7. The highest BCUT2D eigenvalue weighted by Gasteiger charge is 2.39. The van der Waals surface area contributed by atoms with Crippen LogP contribution in [0, 0.1) is 5.41 Å². The van der Waals surface area contributed by atoms with Crippen LogP contribution in [-0.4, -0.2) is 30.5 Å². The molecule has 0 aromatic heterocycles. The lowest BCUT2D eigenvalue weighted by molar-refractivity contribution is -0.151. The molecule has 1 rings (SSSR count). The van der Waals surface area contributed by atoms with Crippen LogP contribution in [0.5, 0.6) is 0 Å². The van der Waals surface area contributed by atoms with E-state index in [-0.39, 0.29) is 17.9 Å². The van der Waals surface area contributed by atoms with E-state index in [0.29, 0.717) is 12.8 Å². The molecule has 5 heteroatoms. The molecule has 0 aliphatic rings. The van der Waals surface area contributed by atoms with Gasteiger partial charge in [-0.05, 0) is 45.1 Å². The fraction of sp³-hybridized carbons (Fsp3) is 0.556. The number of esters is 2. The molecule has 0 N–H and O–H groups in total. The Hall–Kier alpha value is -1.36.